The van der Waals surface area contributed by atoms with E-state index in [0.29, 0.717) is 6.54 Å². The van der Waals surface area contributed by atoms with Crippen molar-refractivity contribution in [2.45, 2.75) is 19.8 Å². The number of carbonyl (C=O) groups is 2. The van der Waals surface area contributed by atoms with Crippen LogP contribution in [0.2, 0.25) is 0 Å². The van der Waals surface area contributed by atoms with E-state index < -0.39 is 0 Å². The Morgan fingerprint density at radius 2 is 2.29 bits per heavy atom. The molecule has 0 spiro atoms. The SMILES string of the molecule is CC(=O)N(C)CC(=O)NCCCc1ncn[nH]1. The molecule has 0 saturated heterocycles. The van der Waals surface area contributed by atoms with Gasteiger partial charge in [-0.05, 0) is 6.42 Å². The van der Waals surface area contributed by atoms with Gasteiger partial charge in [-0.3, -0.25) is 14.7 Å². The molecule has 1 aromatic rings. The third-order valence-corrected chi connectivity index (χ3v) is 2.30. The van der Waals surface area contributed by atoms with Crippen LogP contribution in [0.3, 0.4) is 0 Å². The van der Waals surface area contributed by atoms with Crippen LogP contribution >= 0.6 is 0 Å². The molecule has 1 aromatic heterocycles. The van der Waals surface area contributed by atoms with Crippen molar-refractivity contribution in [2.75, 3.05) is 20.1 Å². The Hall–Kier alpha value is -1.92. The van der Waals surface area contributed by atoms with Crippen molar-refractivity contribution < 1.29 is 9.59 Å². The Labute approximate surface area is 99.6 Å². The maximum absolute atomic E-state index is 11.4. The van der Waals surface area contributed by atoms with E-state index in [1.54, 1.807) is 7.05 Å². The van der Waals surface area contributed by atoms with E-state index in [1.165, 1.54) is 18.2 Å². The minimum atomic E-state index is -0.153. The first-order chi connectivity index (χ1) is 8.09. The summed E-state index contributed by atoms with van der Waals surface area (Å²) in [4.78, 5) is 27.6. The summed E-state index contributed by atoms with van der Waals surface area (Å²) < 4.78 is 0. The Kier molecular flexibility index (Phi) is 5.12. The van der Waals surface area contributed by atoms with Crippen molar-refractivity contribution >= 4 is 11.8 Å². The fourth-order valence-corrected chi connectivity index (χ4v) is 1.22. The van der Waals surface area contributed by atoms with Crippen LogP contribution in [0.4, 0.5) is 0 Å². The molecule has 0 aliphatic rings. The molecule has 0 bridgehead atoms. The number of likely N-dealkylation sites (N-methyl/N-ethyl adjacent to an activating group) is 1. The lowest BCUT2D eigenvalue weighted by atomic mass is 10.3. The van der Waals surface area contributed by atoms with Crippen LogP contribution in [0.25, 0.3) is 0 Å². The van der Waals surface area contributed by atoms with Gasteiger partial charge in [-0.25, -0.2) is 4.98 Å². The lowest BCUT2D eigenvalue weighted by Gasteiger charge is -2.13. The van der Waals surface area contributed by atoms with E-state index in [4.69, 9.17) is 0 Å². The molecule has 0 aliphatic carbocycles. The normalized spacial score (nSPS) is 10.0. The molecule has 0 aliphatic heterocycles. The highest BCUT2D eigenvalue weighted by molar-refractivity contribution is 5.83. The van der Waals surface area contributed by atoms with Crippen LogP contribution < -0.4 is 5.32 Å². The maximum atomic E-state index is 11.4. The van der Waals surface area contributed by atoms with Crippen LogP contribution in [-0.4, -0.2) is 52.0 Å². The fourth-order valence-electron chi connectivity index (χ4n) is 1.22. The summed E-state index contributed by atoms with van der Waals surface area (Å²) in [6.07, 6.45) is 2.98. The molecule has 7 nitrogen and oxygen atoms in total. The third-order valence-electron chi connectivity index (χ3n) is 2.30. The Morgan fingerprint density at radius 3 is 2.88 bits per heavy atom. The zero-order chi connectivity index (χ0) is 12.7. The second kappa shape index (κ2) is 6.62. The summed E-state index contributed by atoms with van der Waals surface area (Å²) in [6.45, 7) is 2.08. The predicted molar refractivity (Wildman–Crippen MR) is 61.0 cm³/mol. The maximum Gasteiger partial charge on any atom is 0.239 e. The zero-order valence-corrected chi connectivity index (χ0v) is 10.1. The van der Waals surface area contributed by atoms with Gasteiger partial charge in [-0.15, -0.1) is 0 Å². The van der Waals surface area contributed by atoms with Gasteiger partial charge in [0.25, 0.3) is 0 Å². The largest absolute Gasteiger partial charge is 0.355 e. The van der Waals surface area contributed by atoms with Gasteiger partial charge in [-0.1, -0.05) is 0 Å². The average molecular weight is 239 g/mol. The summed E-state index contributed by atoms with van der Waals surface area (Å²) >= 11 is 0. The number of hydrogen-bond donors (Lipinski definition) is 2. The fraction of sp³-hybridized carbons (Fsp3) is 0.600. The number of amides is 2. The number of H-pyrrole nitrogens is 1. The number of hydrogen-bond acceptors (Lipinski definition) is 4. The molecule has 1 heterocycles. The number of nitrogens with zero attached hydrogens (tertiary/aromatic N) is 3. The second-order valence-electron chi connectivity index (χ2n) is 3.76. The molecule has 2 amide bonds. The van der Waals surface area contributed by atoms with Crippen molar-refractivity contribution in [1.82, 2.24) is 25.4 Å². The molecule has 1 rings (SSSR count). The monoisotopic (exact) mass is 239 g/mol. The molecule has 94 valence electrons. The van der Waals surface area contributed by atoms with Gasteiger partial charge in [0.1, 0.15) is 12.2 Å². The van der Waals surface area contributed by atoms with Crippen LogP contribution in [0.1, 0.15) is 19.2 Å². The molecule has 0 aromatic carbocycles. The summed E-state index contributed by atoms with van der Waals surface area (Å²) in [7, 11) is 1.59. The topological polar surface area (TPSA) is 91.0 Å². The van der Waals surface area contributed by atoms with E-state index in [1.807, 2.05) is 0 Å². The number of aryl methyl sites for hydroxylation is 1. The van der Waals surface area contributed by atoms with Gasteiger partial charge in [0, 0.05) is 26.9 Å². The average Bonchev–Trinajstić information content (AvgIpc) is 2.77. The molecule has 7 heteroatoms. The minimum Gasteiger partial charge on any atom is -0.355 e. The first-order valence-corrected chi connectivity index (χ1v) is 5.42. The van der Waals surface area contributed by atoms with E-state index in [0.717, 1.165) is 18.7 Å². The lowest BCUT2D eigenvalue weighted by Crippen LogP contribution is -2.37. The number of carbonyl (C=O) groups excluding carboxylic acids is 2. The van der Waals surface area contributed by atoms with Gasteiger partial charge < -0.3 is 10.2 Å². The van der Waals surface area contributed by atoms with E-state index in [-0.39, 0.29) is 18.4 Å². The molecule has 0 saturated carbocycles. The molecule has 17 heavy (non-hydrogen) atoms. The first-order valence-electron chi connectivity index (χ1n) is 5.42. The smallest absolute Gasteiger partial charge is 0.239 e. The number of aromatic nitrogens is 3. The Morgan fingerprint density at radius 1 is 1.53 bits per heavy atom. The van der Waals surface area contributed by atoms with E-state index in [2.05, 4.69) is 20.5 Å². The van der Waals surface area contributed by atoms with Crippen molar-refractivity contribution in [3.8, 4) is 0 Å². The Bertz CT molecular complexity index is 363. The molecule has 0 unspecified atom stereocenters. The minimum absolute atomic E-state index is 0.0949. The van der Waals surface area contributed by atoms with Gasteiger partial charge in [0.05, 0.1) is 6.54 Å². The van der Waals surface area contributed by atoms with Crippen molar-refractivity contribution in [2.24, 2.45) is 0 Å². The Balaban J connectivity index is 2.10. The molecular formula is C10H17N5O2. The predicted octanol–water partition coefficient (Wildman–Crippen LogP) is -0.668. The third kappa shape index (κ3) is 5.10. The summed E-state index contributed by atoms with van der Waals surface area (Å²) in [5.74, 6) is 0.530. The van der Waals surface area contributed by atoms with Crippen LogP contribution in [0.5, 0.6) is 0 Å². The number of rotatable bonds is 6. The van der Waals surface area contributed by atoms with Gasteiger partial charge in [-0.2, -0.15) is 5.10 Å². The van der Waals surface area contributed by atoms with Gasteiger partial charge in [0.2, 0.25) is 11.8 Å². The molecular weight excluding hydrogens is 222 g/mol. The highest BCUT2D eigenvalue weighted by atomic mass is 16.2. The van der Waals surface area contributed by atoms with Crippen LogP contribution in [-0.2, 0) is 16.0 Å². The lowest BCUT2D eigenvalue weighted by molar-refractivity contribution is -0.133. The van der Waals surface area contributed by atoms with Crippen LogP contribution in [0.15, 0.2) is 6.33 Å². The molecule has 2 N–H and O–H groups in total. The quantitative estimate of drug-likeness (QED) is 0.644. The zero-order valence-electron chi connectivity index (χ0n) is 10.1. The van der Waals surface area contributed by atoms with E-state index >= 15 is 0 Å². The second-order valence-corrected chi connectivity index (χ2v) is 3.76. The van der Waals surface area contributed by atoms with Gasteiger partial charge in [0.15, 0.2) is 0 Å². The molecule has 0 atom stereocenters. The summed E-state index contributed by atoms with van der Waals surface area (Å²) in [5.41, 5.74) is 0. The van der Waals surface area contributed by atoms with Crippen LogP contribution in [0, 0.1) is 0 Å². The molecule has 0 radical (unpaired) electrons. The highest BCUT2D eigenvalue weighted by Crippen LogP contribution is 1.91. The standard InChI is InChI=1S/C10H17N5O2/c1-8(16)15(2)6-10(17)11-5-3-4-9-12-7-13-14-9/h7H,3-6H2,1-2H3,(H,11,17)(H,12,13,14). The summed E-state index contributed by atoms with van der Waals surface area (Å²) in [6, 6.07) is 0. The summed E-state index contributed by atoms with van der Waals surface area (Å²) in [5, 5.41) is 9.21. The van der Waals surface area contributed by atoms with Crippen molar-refractivity contribution in [1.29, 1.82) is 0 Å². The molecule has 0 fully saturated rings. The van der Waals surface area contributed by atoms with E-state index in [9.17, 15) is 9.59 Å². The number of nitrogens with one attached hydrogen (secondary N) is 2. The van der Waals surface area contributed by atoms with Gasteiger partial charge >= 0.3 is 0 Å². The van der Waals surface area contributed by atoms with Crippen molar-refractivity contribution in [3.63, 3.8) is 0 Å². The van der Waals surface area contributed by atoms with Crippen molar-refractivity contribution in [3.05, 3.63) is 12.2 Å². The highest BCUT2D eigenvalue weighted by Gasteiger charge is 2.07. The first kappa shape index (κ1) is 13.1. The number of aromatic amines is 1.